The summed E-state index contributed by atoms with van der Waals surface area (Å²) in [6.07, 6.45) is 0. The topological polar surface area (TPSA) is 61.5 Å². The van der Waals surface area contributed by atoms with Crippen LogP contribution in [-0.4, -0.2) is 15.0 Å². The molecule has 6 heteroatoms. The van der Waals surface area contributed by atoms with Gasteiger partial charge < -0.3 is 9.97 Å². The minimum absolute atomic E-state index is 0.168. The Morgan fingerprint density at radius 3 is 2.46 bits per heavy atom. The quantitative estimate of drug-likeness (QED) is 0.395. The number of H-pyrrole nitrogens is 2. The van der Waals surface area contributed by atoms with Gasteiger partial charge in [0.2, 0.25) is 0 Å². The van der Waals surface area contributed by atoms with Gasteiger partial charge in [-0.05, 0) is 41.6 Å². The summed E-state index contributed by atoms with van der Waals surface area (Å²) in [7, 11) is 0. The van der Waals surface area contributed by atoms with Gasteiger partial charge in [-0.25, -0.2) is 4.98 Å². The third-order valence-electron chi connectivity index (χ3n) is 4.56. The molecule has 3 aromatic carbocycles. The highest BCUT2D eigenvalue weighted by molar-refractivity contribution is 7.99. The molecule has 0 aliphatic heterocycles. The Morgan fingerprint density at radius 2 is 1.64 bits per heavy atom. The van der Waals surface area contributed by atoms with E-state index >= 15 is 0 Å². The second kappa shape index (κ2) is 6.86. The van der Waals surface area contributed by atoms with E-state index in [1.807, 2.05) is 66.7 Å². The van der Waals surface area contributed by atoms with Crippen molar-refractivity contribution in [3.8, 4) is 11.1 Å². The molecule has 2 aromatic heterocycles. The molecule has 5 rings (SSSR count). The molecular weight excluding hydrogens is 390 g/mol. The molecule has 0 unspecified atom stereocenters. The first-order valence-corrected chi connectivity index (χ1v) is 9.92. The van der Waals surface area contributed by atoms with Crippen LogP contribution in [0.4, 0.5) is 0 Å². The smallest absolute Gasteiger partial charge is 0.263 e. The zero-order valence-electron chi connectivity index (χ0n) is 14.6. The van der Waals surface area contributed by atoms with Gasteiger partial charge >= 0.3 is 0 Å². The molecule has 0 fully saturated rings. The molecule has 2 heterocycles. The van der Waals surface area contributed by atoms with E-state index in [1.54, 1.807) is 6.07 Å². The van der Waals surface area contributed by atoms with Crippen LogP contribution in [0, 0.1) is 0 Å². The molecule has 0 aliphatic carbocycles. The zero-order valence-corrected chi connectivity index (χ0v) is 16.1. The molecule has 2 N–H and O–H groups in total. The van der Waals surface area contributed by atoms with E-state index in [-0.39, 0.29) is 5.56 Å². The Hall–Kier alpha value is -3.02. The largest absolute Gasteiger partial charge is 0.333 e. The van der Waals surface area contributed by atoms with Crippen molar-refractivity contribution in [3.63, 3.8) is 0 Å². The lowest BCUT2D eigenvalue weighted by atomic mass is 10.0. The summed E-state index contributed by atoms with van der Waals surface area (Å²) >= 11 is 7.48. The number of hydrogen-bond donors (Lipinski definition) is 2. The molecule has 0 amide bonds. The molecule has 0 bridgehead atoms. The number of halogens is 1. The fourth-order valence-electron chi connectivity index (χ4n) is 3.32. The second-order valence-corrected chi connectivity index (χ2v) is 7.81. The van der Waals surface area contributed by atoms with Crippen LogP contribution in [0.25, 0.3) is 33.1 Å². The van der Waals surface area contributed by atoms with E-state index in [2.05, 4.69) is 15.0 Å². The number of nitrogens with zero attached hydrogens (tertiary/aromatic N) is 1. The van der Waals surface area contributed by atoms with Crippen molar-refractivity contribution in [2.45, 2.75) is 10.1 Å². The minimum atomic E-state index is -0.168. The normalized spacial score (nSPS) is 11.3. The average molecular weight is 404 g/mol. The summed E-state index contributed by atoms with van der Waals surface area (Å²) in [5.41, 5.74) is 4.20. The molecule has 4 nitrogen and oxygen atoms in total. The predicted molar refractivity (Wildman–Crippen MR) is 115 cm³/mol. The number of fused-ring (bicyclic) bond motifs is 2. The summed E-state index contributed by atoms with van der Waals surface area (Å²) < 4.78 is 0. The van der Waals surface area contributed by atoms with E-state index < -0.39 is 0 Å². The molecule has 0 saturated heterocycles. The van der Waals surface area contributed by atoms with Crippen LogP contribution in [0.5, 0.6) is 0 Å². The highest BCUT2D eigenvalue weighted by Gasteiger charge is 2.17. The van der Waals surface area contributed by atoms with E-state index in [0.717, 1.165) is 27.5 Å². The van der Waals surface area contributed by atoms with Crippen molar-refractivity contribution in [1.29, 1.82) is 0 Å². The summed E-state index contributed by atoms with van der Waals surface area (Å²) in [6, 6.07) is 23.3. The Morgan fingerprint density at radius 1 is 0.857 bits per heavy atom. The van der Waals surface area contributed by atoms with Gasteiger partial charge in [0.15, 0.2) is 5.16 Å². The lowest BCUT2D eigenvalue weighted by Gasteiger charge is -2.12. The Labute approximate surface area is 169 Å². The molecule has 0 saturated carbocycles. The Bertz CT molecular complexity index is 1340. The number of para-hydroxylation sites is 2. The third kappa shape index (κ3) is 2.99. The molecule has 0 radical (unpaired) electrons. The van der Waals surface area contributed by atoms with Gasteiger partial charge in [0, 0.05) is 16.0 Å². The molecule has 0 atom stereocenters. The number of aromatic amines is 2. The van der Waals surface area contributed by atoms with Crippen LogP contribution >= 0.6 is 23.4 Å². The third-order valence-corrected chi connectivity index (χ3v) is 5.78. The summed E-state index contributed by atoms with van der Waals surface area (Å²) in [5.74, 6) is 0. The van der Waals surface area contributed by atoms with Crippen molar-refractivity contribution in [3.05, 3.63) is 88.2 Å². The van der Waals surface area contributed by atoms with Gasteiger partial charge in [-0.3, -0.25) is 4.79 Å². The van der Waals surface area contributed by atoms with Gasteiger partial charge in [-0.2, -0.15) is 0 Å². The predicted octanol–water partition coefficient (Wildman–Crippen LogP) is 5.88. The van der Waals surface area contributed by atoms with Crippen molar-refractivity contribution in [2.75, 3.05) is 0 Å². The maximum Gasteiger partial charge on any atom is 0.263 e. The van der Waals surface area contributed by atoms with Crippen LogP contribution in [0.3, 0.4) is 0 Å². The fraction of sp³-hybridized carbons (Fsp3) is 0. The average Bonchev–Trinajstić information content (AvgIpc) is 3.12. The summed E-state index contributed by atoms with van der Waals surface area (Å²) in [5, 5.41) is 2.20. The van der Waals surface area contributed by atoms with Crippen molar-refractivity contribution in [1.82, 2.24) is 15.0 Å². The minimum Gasteiger partial charge on any atom is -0.333 e. The first kappa shape index (κ1) is 17.1. The molecule has 136 valence electrons. The highest BCUT2D eigenvalue weighted by Crippen LogP contribution is 2.37. The van der Waals surface area contributed by atoms with Crippen LogP contribution < -0.4 is 5.56 Å². The first-order valence-electron chi connectivity index (χ1n) is 8.72. The number of rotatable bonds is 3. The number of pyridine rings is 1. The maximum absolute atomic E-state index is 13.0. The molecular formula is C22H14ClN3OS. The first-order chi connectivity index (χ1) is 13.7. The van der Waals surface area contributed by atoms with E-state index in [9.17, 15) is 4.79 Å². The molecule has 5 aromatic rings. The highest BCUT2D eigenvalue weighted by atomic mass is 35.5. The number of hydrogen-bond acceptors (Lipinski definition) is 3. The lowest BCUT2D eigenvalue weighted by molar-refractivity contribution is 1.07. The maximum atomic E-state index is 13.0. The van der Waals surface area contributed by atoms with Gasteiger partial charge in [0.1, 0.15) is 0 Å². The van der Waals surface area contributed by atoms with Gasteiger partial charge in [0.25, 0.3) is 5.56 Å². The summed E-state index contributed by atoms with van der Waals surface area (Å²) in [6.45, 7) is 0. The monoisotopic (exact) mass is 403 g/mol. The SMILES string of the molecule is O=c1[nH]c2cc(Cl)ccc2c(-c2ccccc2)c1Sc1nc2ccccc2[nH]1. The van der Waals surface area contributed by atoms with Gasteiger partial charge in [-0.1, -0.05) is 60.1 Å². The van der Waals surface area contributed by atoms with Crippen molar-refractivity contribution < 1.29 is 0 Å². The van der Waals surface area contributed by atoms with Crippen LogP contribution in [-0.2, 0) is 0 Å². The van der Waals surface area contributed by atoms with E-state index in [0.29, 0.717) is 20.6 Å². The number of aromatic nitrogens is 3. The van der Waals surface area contributed by atoms with Crippen molar-refractivity contribution >= 4 is 45.3 Å². The van der Waals surface area contributed by atoms with E-state index in [4.69, 9.17) is 11.6 Å². The van der Waals surface area contributed by atoms with Crippen LogP contribution in [0.15, 0.2) is 87.6 Å². The van der Waals surface area contributed by atoms with Crippen molar-refractivity contribution in [2.24, 2.45) is 0 Å². The second-order valence-electron chi connectivity index (χ2n) is 6.38. The number of benzene rings is 3. The molecule has 0 aliphatic rings. The zero-order chi connectivity index (χ0) is 19.1. The number of imidazole rings is 1. The molecule has 28 heavy (non-hydrogen) atoms. The van der Waals surface area contributed by atoms with Gasteiger partial charge in [0.05, 0.1) is 21.4 Å². The standard InChI is InChI=1S/C22H14ClN3OS/c23-14-10-11-15-18(12-14)24-21(27)20(19(15)13-6-2-1-3-7-13)28-22-25-16-8-4-5-9-17(16)26-22/h1-12H,(H,24,27)(H,25,26). The van der Waals surface area contributed by atoms with Crippen LogP contribution in [0.2, 0.25) is 5.02 Å². The number of nitrogens with one attached hydrogen (secondary N) is 2. The fourth-order valence-corrected chi connectivity index (χ4v) is 4.46. The Kier molecular flexibility index (Phi) is 4.19. The van der Waals surface area contributed by atoms with E-state index in [1.165, 1.54) is 11.8 Å². The molecule has 0 spiro atoms. The van der Waals surface area contributed by atoms with Crippen LogP contribution in [0.1, 0.15) is 0 Å². The van der Waals surface area contributed by atoms with Gasteiger partial charge in [-0.15, -0.1) is 0 Å². The Balaban J connectivity index is 1.76. The lowest BCUT2D eigenvalue weighted by Crippen LogP contribution is -2.10. The summed E-state index contributed by atoms with van der Waals surface area (Å²) in [4.78, 5) is 24.5.